The third-order valence-electron chi connectivity index (χ3n) is 5.74. The van der Waals surface area contributed by atoms with Crippen LogP contribution in [0.25, 0.3) is 22.6 Å². The SMILES string of the molecule is O=C(Nc1ccc(CCN2CCCCC2)cc1)C1=Cc2nccc3ncnc1c23. The van der Waals surface area contributed by atoms with Gasteiger partial charge in [0.25, 0.3) is 5.91 Å². The molecule has 1 amide bonds. The van der Waals surface area contributed by atoms with E-state index in [0.29, 0.717) is 11.3 Å². The lowest BCUT2D eigenvalue weighted by Gasteiger charge is -2.26. The molecule has 1 aliphatic heterocycles. The number of carbonyl (C=O) groups excluding carboxylic acids is 1. The first-order valence-electron chi connectivity index (χ1n) is 10.2. The van der Waals surface area contributed by atoms with Crippen molar-refractivity contribution < 1.29 is 4.79 Å². The number of anilines is 1. The van der Waals surface area contributed by atoms with Crippen LogP contribution in [0, 0.1) is 0 Å². The van der Waals surface area contributed by atoms with E-state index in [1.165, 1.54) is 44.2 Å². The first-order valence-corrected chi connectivity index (χ1v) is 10.2. The zero-order valence-corrected chi connectivity index (χ0v) is 16.3. The van der Waals surface area contributed by atoms with Crippen LogP contribution >= 0.6 is 0 Å². The lowest BCUT2D eigenvalue weighted by Crippen LogP contribution is -2.31. The minimum absolute atomic E-state index is 0.177. The van der Waals surface area contributed by atoms with Crippen LogP contribution in [0.3, 0.4) is 0 Å². The number of benzene rings is 1. The van der Waals surface area contributed by atoms with Gasteiger partial charge in [-0.2, -0.15) is 0 Å². The zero-order valence-electron chi connectivity index (χ0n) is 16.3. The molecule has 2 aromatic heterocycles. The van der Waals surface area contributed by atoms with Gasteiger partial charge in [0.2, 0.25) is 0 Å². The molecule has 1 fully saturated rings. The standard InChI is InChI=1S/C23H23N5O/c29-23(18-14-20-21-19(8-10-24-20)25-15-26-22(18)21)27-17-6-4-16(5-7-17)9-13-28-11-2-1-3-12-28/h4-8,10,14-15H,1-3,9,11-13H2,(H,27,29). The summed E-state index contributed by atoms with van der Waals surface area (Å²) in [5.74, 6) is -0.177. The van der Waals surface area contributed by atoms with Crippen molar-refractivity contribution in [1.29, 1.82) is 0 Å². The molecule has 146 valence electrons. The Morgan fingerprint density at radius 3 is 2.66 bits per heavy atom. The van der Waals surface area contributed by atoms with Gasteiger partial charge >= 0.3 is 0 Å². The van der Waals surface area contributed by atoms with Crippen molar-refractivity contribution in [2.24, 2.45) is 0 Å². The summed E-state index contributed by atoms with van der Waals surface area (Å²) in [6.07, 6.45) is 10.0. The maximum absolute atomic E-state index is 12.9. The highest BCUT2D eigenvalue weighted by molar-refractivity contribution is 6.33. The van der Waals surface area contributed by atoms with Crippen LogP contribution < -0.4 is 5.32 Å². The predicted octanol–water partition coefficient (Wildman–Crippen LogP) is 3.55. The summed E-state index contributed by atoms with van der Waals surface area (Å²) >= 11 is 0. The molecule has 0 atom stereocenters. The number of hydrogen-bond acceptors (Lipinski definition) is 5. The number of hydrogen-bond donors (Lipinski definition) is 1. The van der Waals surface area contributed by atoms with Gasteiger partial charge in [-0.1, -0.05) is 18.6 Å². The number of carbonyl (C=O) groups is 1. The second-order valence-corrected chi connectivity index (χ2v) is 7.67. The fourth-order valence-electron chi connectivity index (χ4n) is 4.15. The maximum atomic E-state index is 12.9. The van der Waals surface area contributed by atoms with Crippen LogP contribution in [0.15, 0.2) is 42.9 Å². The molecule has 0 radical (unpaired) electrons. The number of aromatic nitrogens is 3. The van der Waals surface area contributed by atoms with Gasteiger partial charge in [0.05, 0.1) is 27.9 Å². The monoisotopic (exact) mass is 385 g/mol. The Morgan fingerprint density at radius 2 is 1.83 bits per heavy atom. The third-order valence-corrected chi connectivity index (χ3v) is 5.74. The lowest BCUT2D eigenvalue weighted by atomic mass is 10.1. The van der Waals surface area contributed by atoms with E-state index < -0.39 is 0 Å². The summed E-state index contributed by atoms with van der Waals surface area (Å²) in [5, 5.41) is 3.83. The van der Waals surface area contributed by atoms with Crippen LogP contribution in [0.4, 0.5) is 5.69 Å². The largest absolute Gasteiger partial charge is 0.322 e. The van der Waals surface area contributed by atoms with Gasteiger partial charge in [0.15, 0.2) is 0 Å². The number of likely N-dealkylation sites (tertiary alicyclic amines) is 1. The minimum atomic E-state index is -0.177. The van der Waals surface area contributed by atoms with E-state index >= 15 is 0 Å². The van der Waals surface area contributed by atoms with E-state index in [0.717, 1.165) is 35.2 Å². The van der Waals surface area contributed by atoms with Gasteiger partial charge in [-0.3, -0.25) is 9.78 Å². The summed E-state index contributed by atoms with van der Waals surface area (Å²) in [4.78, 5) is 28.3. The number of piperidine rings is 1. The summed E-state index contributed by atoms with van der Waals surface area (Å²) in [7, 11) is 0. The molecule has 0 saturated carbocycles. The van der Waals surface area contributed by atoms with Gasteiger partial charge < -0.3 is 10.2 Å². The summed E-state index contributed by atoms with van der Waals surface area (Å²) in [6.45, 7) is 3.54. The molecule has 1 aliphatic carbocycles. The summed E-state index contributed by atoms with van der Waals surface area (Å²) < 4.78 is 0. The molecule has 6 nitrogen and oxygen atoms in total. The number of amides is 1. The molecule has 5 rings (SSSR count). The topological polar surface area (TPSA) is 71.0 Å². The zero-order chi connectivity index (χ0) is 19.6. The molecule has 1 saturated heterocycles. The van der Waals surface area contributed by atoms with Crippen LogP contribution in [0.1, 0.15) is 36.2 Å². The van der Waals surface area contributed by atoms with E-state index in [1.54, 1.807) is 12.3 Å². The Morgan fingerprint density at radius 1 is 1.00 bits per heavy atom. The fraction of sp³-hybridized carbons (Fsp3) is 0.304. The van der Waals surface area contributed by atoms with E-state index in [2.05, 4.69) is 37.3 Å². The van der Waals surface area contributed by atoms with E-state index in [4.69, 9.17) is 0 Å². The van der Waals surface area contributed by atoms with Gasteiger partial charge in [-0.25, -0.2) is 9.97 Å². The van der Waals surface area contributed by atoms with Gasteiger partial charge in [0.1, 0.15) is 6.33 Å². The number of rotatable bonds is 5. The van der Waals surface area contributed by atoms with Crippen molar-refractivity contribution >= 4 is 34.1 Å². The third kappa shape index (κ3) is 3.63. The molecule has 3 aromatic rings. The molecule has 6 heteroatoms. The number of pyridine rings is 1. The van der Waals surface area contributed by atoms with Gasteiger partial charge in [-0.05, 0) is 62.2 Å². The molecular formula is C23H23N5O. The molecule has 2 aliphatic rings. The van der Waals surface area contributed by atoms with E-state index in [1.807, 2.05) is 18.2 Å². The Hall–Kier alpha value is -3.12. The Kier molecular flexibility index (Phi) is 4.77. The van der Waals surface area contributed by atoms with Crippen LogP contribution in [-0.4, -0.2) is 45.4 Å². The van der Waals surface area contributed by atoms with Crippen molar-refractivity contribution in [3.63, 3.8) is 0 Å². The molecule has 3 heterocycles. The van der Waals surface area contributed by atoms with Crippen LogP contribution in [-0.2, 0) is 11.2 Å². The molecule has 1 aromatic carbocycles. The quantitative estimate of drug-likeness (QED) is 0.727. The molecule has 0 unspecified atom stereocenters. The predicted molar refractivity (Wildman–Crippen MR) is 114 cm³/mol. The van der Waals surface area contributed by atoms with E-state index in [-0.39, 0.29) is 5.91 Å². The smallest absolute Gasteiger partial charge is 0.257 e. The van der Waals surface area contributed by atoms with Crippen molar-refractivity contribution in [2.75, 3.05) is 25.0 Å². The fourth-order valence-corrected chi connectivity index (χ4v) is 4.15. The second kappa shape index (κ2) is 7.72. The van der Waals surface area contributed by atoms with Gasteiger partial charge in [-0.15, -0.1) is 0 Å². The number of nitrogens with zero attached hydrogens (tertiary/aromatic N) is 4. The Bertz CT molecular complexity index is 1080. The molecule has 0 spiro atoms. The van der Waals surface area contributed by atoms with Crippen LogP contribution in [0.2, 0.25) is 0 Å². The molecular weight excluding hydrogens is 362 g/mol. The average Bonchev–Trinajstić information content (AvgIpc) is 3.15. The van der Waals surface area contributed by atoms with Crippen molar-refractivity contribution in [2.45, 2.75) is 25.7 Å². The number of nitrogens with one attached hydrogen (secondary N) is 1. The molecule has 1 N–H and O–H groups in total. The summed E-state index contributed by atoms with van der Waals surface area (Å²) in [5.41, 5.74) is 4.80. The minimum Gasteiger partial charge on any atom is -0.322 e. The Balaban J connectivity index is 1.25. The summed E-state index contributed by atoms with van der Waals surface area (Å²) in [6, 6.07) is 9.98. The average molecular weight is 385 g/mol. The first-order chi connectivity index (χ1) is 14.3. The van der Waals surface area contributed by atoms with Crippen molar-refractivity contribution in [3.05, 3.63) is 59.8 Å². The highest BCUT2D eigenvalue weighted by Crippen LogP contribution is 2.33. The van der Waals surface area contributed by atoms with Crippen molar-refractivity contribution in [1.82, 2.24) is 19.9 Å². The maximum Gasteiger partial charge on any atom is 0.257 e. The van der Waals surface area contributed by atoms with Crippen molar-refractivity contribution in [3.8, 4) is 0 Å². The van der Waals surface area contributed by atoms with E-state index in [9.17, 15) is 4.79 Å². The normalized spacial score (nSPS) is 16.1. The highest BCUT2D eigenvalue weighted by atomic mass is 16.1. The highest BCUT2D eigenvalue weighted by Gasteiger charge is 2.24. The molecule has 29 heavy (non-hydrogen) atoms. The Labute approximate surface area is 169 Å². The first kappa shape index (κ1) is 17.9. The second-order valence-electron chi connectivity index (χ2n) is 7.67. The van der Waals surface area contributed by atoms with Crippen LogP contribution in [0.5, 0.6) is 0 Å². The lowest BCUT2D eigenvalue weighted by molar-refractivity contribution is -0.111. The van der Waals surface area contributed by atoms with Gasteiger partial charge in [0, 0.05) is 18.4 Å². The molecule has 0 bridgehead atoms.